The Hall–Kier alpha value is -10.8. The zero-order valence-corrected chi connectivity index (χ0v) is 89.5. The predicted molar refractivity (Wildman–Crippen MR) is 546 cm³/mol. The highest BCUT2D eigenvalue weighted by molar-refractivity contribution is 8.77. The van der Waals surface area contributed by atoms with Crippen molar-refractivity contribution >= 4 is 225 Å². The molecule has 0 radical (unpaired) electrons. The number of carbonyl (C=O) groups excluding carboxylic acids is 19. The number of para-hydroxylation sites is 2. The summed E-state index contributed by atoms with van der Waals surface area (Å²) >= 11 is 5.03. The number of hydrogen-bond acceptors (Lipinski definition) is 33. The van der Waals surface area contributed by atoms with E-state index in [2.05, 4.69) is 47.2 Å². The number of benzene rings is 2. The maximum Gasteiger partial charge on any atom is 0.408 e. The number of nitrogens with one attached hydrogen (secondary N) is 7. The molecule has 0 saturated carbocycles. The van der Waals surface area contributed by atoms with Crippen molar-refractivity contribution in [2.75, 3.05) is 208 Å². The van der Waals surface area contributed by atoms with Crippen molar-refractivity contribution in [2.45, 2.75) is 125 Å². The first-order valence-corrected chi connectivity index (χ1v) is 54.9. The number of thioether (sulfide) groups is 4. The highest BCUT2D eigenvalue weighted by Gasteiger charge is 2.46. The number of alkyl carbamates (subject to hydrolysis) is 2. The van der Waals surface area contributed by atoms with Crippen LogP contribution >= 0.6 is 90.2 Å². The highest BCUT2D eigenvalue weighted by atomic mass is 33.1. The van der Waals surface area contributed by atoms with Crippen LogP contribution in [0.1, 0.15) is 63.6 Å². The van der Waals surface area contributed by atoms with Crippen LogP contribution in [0.2, 0.25) is 0 Å². The Morgan fingerprint density at radius 1 is 0.376 bits per heavy atom. The molecule has 44 nitrogen and oxygen atoms in total. The molecule has 8 rings (SSSR count). The van der Waals surface area contributed by atoms with Crippen molar-refractivity contribution in [2.24, 2.45) is 0 Å². The minimum Gasteiger partial charge on any atom is -0.506 e. The lowest BCUT2D eigenvalue weighted by molar-refractivity contribution is -0.149. The summed E-state index contributed by atoms with van der Waals surface area (Å²) in [5.41, 5.74) is -1.61. The number of hydrogen-bond donors (Lipinski definition) is 9. The van der Waals surface area contributed by atoms with Crippen molar-refractivity contribution in [3.05, 3.63) is 72.1 Å². The van der Waals surface area contributed by atoms with E-state index >= 15 is 0 Å². The average molecular weight is 2120 g/mol. The number of amides is 19. The van der Waals surface area contributed by atoms with Gasteiger partial charge in [-0.05, 0) is 90.8 Å². The molecule has 52 heteroatoms. The summed E-state index contributed by atoms with van der Waals surface area (Å²) < 4.78 is 10.8. The molecule has 4 aliphatic rings. The largest absolute Gasteiger partial charge is 0.506 e. The Morgan fingerprint density at radius 2 is 0.645 bits per heavy atom. The van der Waals surface area contributed by atoms with Crippen molar-refractivity contribution < 1.29 is 111 Å². The van der Waals surface area contributed by atoms with Gasteiger partial charge >= 0.3 is 12.2 Å². The summed E-state index contributed by atoms with van der Waals surface area (Å²) in [6.45, 7) is 5.37. The van der Waals surface area contributed by atoms with Gasteiger partial charge in [0, 0.05) is 168 Å². The normalized spacial score (nSPS) is 24.0. The van der Waals surface area contributed by atoms with Crippen LogP contribution in [-0.2, 0) is 86.2 Å². The fourth-order valence-corrected chi connectivity index (χ4v) is 22.7. The van der Waals surface area contributed by atoms with E-state index in [0.717, 1.165) is 77.5 Å². The molecule has 6 heterocycles. The number of nitrogens with zero attached hydrogens (tertiary/aromatic N) is 14. The minimum absolute atomic E-state index is 0.0511. The summed E-state index contributed by atoms with van der Waals surface area (Å²) in [5.74, 6) is -14.7. The Kier molecular flexibility index (Phi) is 44.5. The second kappa shape index (κ2) is 53.5. The van der Waals surface area contributed by atoms with Gasteiger partial charge in [-0.15, -0.1) is 0 Å². The van der Waals surface area contributed by atoms with Crippen LogP contribution in [0.25, 0.3) is 21.8 Å². The van der Waals surface area contributed by atoms with Crippen LogP contribution in [0, 0.1) is 0 Å². The number of fused-ring (bicyclic) bond motifs is 12. The molecule has 141 heavy (non-hydrogen) atoms. The SMILES string of the molecule is CSC[C@H]1C(=O)N(C)C[C@@H](NC(=O)OC(C)(C)C)C(=O)NCC(=O)N(C)[C@H]2CSSC[C@@H](C(=O)N1C)N(C)C(=O)CNC(=O)[C@H](NC(=O)OC(C)(C)C)CN(C)C(=O)[C@H](CSC)N(C)C2=O.CSC[C@H]1C(=O)N(C)C[C@@H](c2nc3ccccc3cc2O)C(=O)NCC(=O)N(C)[C@H]2CSSC[C@@H](C(=O)N1C)N(C)C(=O)CNC(=O)[C@H](NC(=O)c1nc3ccccc3cc1O)CN(C)C(=O)[C@H](CSC)N(C)C2=O. The number of carbonyl (C=O) groups is 19. The lowest BCUT2D eigenvalue weighted by atomic mass is 10.00. The first kappa shape index (κ1) is 117. The molecule has 2 aromatic heterocycles. The van der Waals surface area contributed by atoms with Gasteiger partial charge in [-0.2, -0.15) is 47.0 Å². The van der Waals surface area contributed by atoms with Crippen molar-refractivity contribution in [3.8, 4) is 11.5 Å². The van der Waals surface area contributed by atoms with Gasteiger partial charge in [0.05, 0.1) is 42.9 Å². The summed E-state index contributed by atoms with van der Waals surface area (Å²) in [6.07, 6.45) is 4.95. The molecule has 4 bridgehead atoms. The molecule has 19 amide bonds. The second-order valence-corrected chi connectivity index (χ2v) is 44.5. The molecule has 4 aromatic rings. The first-order chi connectivity index (χ1) is 66.2. The number of likely N-dealkylation sites (N-methyl/N-ethyl adjacent to an activating group) is 12. The summed E-state index contributed by atoms with van der Waals surface area (Å²) in [7, 11) is 21.0. The molecule has 0 unspecified atom stereocenters. The molecule has 776 valence electrons. The Labute approximate surface area is 852 Å². The first-order valence-electron chi connectivity index (χ1n) is 44.3. The standard InChI is InChI=1S/C49H61N11O11S4.C40H68N10O12S4/c1-55-21-29(41-37(61)17-27-13-9-11-15-30(27)52-41)43(65)50-19-39(63)57(3)35-25-74-75-26-36(48(70)59(5)33(23-72-7)46(55)68)58(4)40(64)20-51-44(66)32(22-56(2)47(69)34(24-73-8)60(6)49(35)71)54-45(67)42-38(62)18-28-14-10-12-16-31(28)53-42;1-39(2,3)61-37(59)43-23-17-45(7)33(55)25(19-63-13)49(11)35(57)28-22-66-65-21-27(47(9)29(51)15-41-31(23)53)36(58)50(12)26(20-64-14)34(56)46(8)18-24(44-38(60)62-40(4,5)6)32(54)42-16-30(52)48(28)10/h9-18,29,32-36,61-62H,19-26H2,1-8H3,(H,50,65)(H,51,66)(H,54,67);23-28H,15-22H2,1-14H3,(H,41,53)(H,42,54)(H,43,59)(H,44,60)/t29-,32+,33-,34-,35-,36-;23-,24-,25+,26+,27+,28+/m01/s1. The van der Waals surface area contributed by atoms with E-state index in [1.54, 1.807) is 115 Å². The number of rotatable bonds is 13. The zero-order chi connectivity index (χ0) is 105. The van der Waals surface area contributed by atoms with Gasteiger partial charge in [0.15, 0.2) is 5.69 Å². The van der Waals surface area contributed by atoms with Crippen LogP contribution in [0.4, 0.5) is 9.59 Å². The van der Waals surface area contributed by atoms with E-state index in [4.69, 9.17) is 9.47 Å². The van der Waals surface area contributed by atoms with Crippen molar-refractivity contribution in [1.29, 1.82) is 0 Å². The Balaban J connectivity index is 0.000000387. The van der Waals surface area contributed by atoms with Gasteiger partial charge in [-0.25, -0.2) is 19.6 Å². The smallest absolute Gasteiger partial charge is 0.408 e. The highest BCUT2D eigenvalue weighted by Crippen LogP contribution is 2.34. The van der Waals surface area contributed by atoms with Crippen LogP contribution in [0.3, 0.4) is 0 Å². The molecule has 4 fully saturated rings. The Morgan fingerprint density at radius 3 is 0.943 bits per heavy atom. The predicted octanol–water partition coefficient (Wildman–Crippen LogP) is 0.0330. The van der Waals surface area contributed by atoms with Gasteiger partial charge in [0.25, 0.3) is 5.91 Å². The van der Waals surface area contributed by atoms with Gasteiger partial charge in [-0.3, -0.25) is 81.5 Å². The molecular formula is C89H129N21O23S8. The van der Waals surface area contributed by atoms with Gasteiger partial charge in [0.2, 0.25) is 94.5 Å². The number of aromatic hydroxyl groups is 2. The van der Waals surface area contributed by atoms with E-state index in [-0.39, 0.29) is 64.0 Å². The average Bonchev–Trinajstić information content (AvgIpc) is 0.792. The van der Waals surface area contributed by atoms with E-state index in [1.165, 1.54) is 168 Å². The van der Waals surface area contributed by atoms with Crippen molar-refractivity contribution in [3.63, 3.8) is 0 Å². The topological polar surface area (TPSA) is 532 Å². The lowest BCUT2D eigenvalue weighted by Gasteiger charge is -2.37. The molecule has 9 N–H and O–H groups in total. The van der Waals surface area contributed by atoms with Gasteiger partial charge < -0.3 is 116 Å². The van der Waals surface area contributed by atoms with E-state index < -0.39 is 253 Å². The quantitative estimate of drug-likeness (QED) is 0.0798. The second-order valence-electron chi connectivity index (χ2n) is 35.8. The summed E-state index contributed by atoms with van der Waals surface area (Å²) in [5, 5.41) is 41.0. The third kappa shape index (κ3) is 32.1. The van der Waals surface area contributed by atoms with Crippen LogP contribution in [-0.4, -0.2) is 477 Å². The molecule has 0 spiro atoms. The van der Waals surface area contributed by atoms with E-state index in [0.29, 0.717) is 21.8 Å². The van der Waals surface area contributed by atoms with E-state index in [1.807, 2.05) is 0 Å². The molecule has 0 aliphatic carbocycles. The summed E-state index contributed by atoms with van der Waals surface area (Å²) in [4.78, 5) is 292. The number of aromatic nitrogens is 2. The van der Waals surface area contributed by atoms with Gasteiger partial charge in [0.1, 0.15) is 95.1 Å². The lowest BCUT2D eigenvalue weighted by Crippen LogP contribution is -2.61. The molecule has 2 aromatic carbocycles. The monoisotopic (exact) mass is 2120 g/mol. The maximum absolute atomic E-state index is 14.9. The third-order valence-corrected chi connectivity index (χ3v) is 30.6. The fourth-order valence-electron chi connectivity index (χ4n) is 14.9. The molecule has 4 aliphatic heterocycles. The van der Waals surface area contributed by atoms with E-state index in [9.17, 15) is 101 Å². The minimum atomic E-state index is -1.58. The molecule has 12 atom stereocenters. The van der Waals surface area contributed by atoms with Crippen LogP contribution in [0.15, 0.2) is 60.7 Å². The molecular weight excluding hydrogens is 1990 g/mol. The molecule has 4 saturated heterocycles. The summed E-state index contributed by atoms with van der Waals surface area (Å²) in [6, 6.07) is 2.16. The maximum atomic E-state index is 14.9. The fraction of sp³-hybridized carbons (Fsp3) is 0.584. The van der Waals surface area contributed by atoms with Crippen LogP contribution in [0.5, 0.6) is 11.5 Å². The third-order valence-electron chi connectivity index (χ3n) is 23.3. The van der Waals surface area contributed by atoms with Crippen LogP contribution < -0.4 is 37.2 Å². The van der Waals surface area contributed by atoms with Crippen molar-refractivity contribution in [1.82, 2.24) is 106 Å². The number of ether oxygens (including phenoxy) is 2. The number of pyridine rings is 2. The van der Waals surface area contributed by atoms with Gasteiger partial charge in [-0.1, -0.05) is 79.6 Å². The zero-order valence-electron chi connectivity index (χ0n) is 83.0. The Bertz CT molecular complexity index is 5130.